The third kappa shape index (κ3) is 6.71. The van der Waals surface area contributed by atoms with Crippen molar-refractivity contribution in [3.05, 3.63) is 35.9 Å². The predicted molar refractivity (Wildman–Crippen MR) is 71.5 cm³/mol. The van der Waals surface area contributed by atoms with Crippen molar-refractivity contribution < 1.29 is 20.3 Å². The molecule has 0 aliphatic carbocycles. The first-order valence-electron chi connectivity index (χ1n) is 6.13. The second-order valence-corrected chi connectivity index (χ2v) is 4.73. The van der Waals surface area contributed by atoms with Crippen LogP contribution in [0.3, 0.4) is 0 Å². The van der Waals surface area contributed by atoms with Crippen LogP contribution >= 0.6 is 0 Å². The molecule has 1 atom stereocenters. The van der Waals surface area contributed by atoms with Crippen molar-refractivity contribution in [1.82, 2.24) is 0 Å². The lowest BCUT2D eigenvalue weighted by Crippen LogP contribution is -2.32. The molecule has 0 saturated carbocycles. The van der Waals surface area contributed by atoms with E-state index < -0.39 is 5.60 Å². The van der Waals surface area contributed by atoms with E-state index >= 15 is 0 Å². The minimum Gasteiger partial charge on any atom is -0.252 e. The van der Waals surface area contributed by atoms with Gasteiger partial charge in [0.15, 0.2) is 0 Å². The third-order valence-electron chi connectivity index (χ3n) is 2.80. The van der Waals surface area contributed by atoms with Crippen LogP contribution in [0.2, 0.25) is 0 Å². The molecule has 0 spiro atoms. The van der Waals surface area contributed by atoms with Gasteiger partial charge in [-0.2, -0.15) is 0 Å². The largest absolute Gasteiger partial charge is 0.252 e. The number of benzene rings is 1. The number of hydrogen-bond acceptors (Lipinski definition) is 4. The Morgan fingerprint density at radius 3 is 1.94 bits per heavy atom. The monoisotopic (exact) mass is 256 g/mol. The van der Waals surface area contributed by atoms with E-state index in [9.17, 15) is 0 Å². The summed E-state index contributed by atoms with van der Waals surface area (Å²) < 4.78 is 0. The maximum absolute atomic E-state index is 8.23. The molecule has 18 heavy (non-hydrogen) atoms. The van der Waals surface area contributed by atoms with Crippen molar-refractivity contribution in [2.24, 2.45) is 0 Å². The fourth-order valence-electron chi connectivity index (χ4n) is 1.17. The topological polar surface area (TPSA) is 58.9 Å². The summed E-state index contributed by atoms with van der Waals surface area (Å²) in [5.41, 5.74) is 0.631. The van der Waals surface area contributed by atoms with Crippen molar-refractivity contribution in [2.45, 2.75) is 45.6 Å². The molecular formula is C14H24O4. The Kier molecular flexibility index (Phi) is 8.58. The van der Waals surface area contributed by atoms with Gasteiger partial charge in [0.05, 0.1) is 0 Å². The zero-order chi connectivity index (χ0) is 14.0. The summed E-state index contributed by atoms with van der Waals surface area (Å²) in [6.07, 6.45) is 0.573. The van der Waals surface area contributed by atoms with Crippen LogP contribution in [0.5, 0.6) is 0 Å². The zero-order valence-corrected chi connectivity index (χ0v) is 11.6. The molecule has 1 unspecified atom stereocenters. The van der Waals surface area contributed by atoms with Crippen LogP contribution in [-0.4, -0.2) is 22.7 Å². The molecule has 0 amide bonds. The van der Waals surface area contributed by atoms with Crippen molar-refractivity contribution >= 4 is 0 Å². The molecule has 0 aromatic heterocycles. The molecule has 0 aliphatic rings. The Morgan fingerprint density at radius 2 is 1.72 bits per heavy atom. The molecule has 1 aromatic carbocycles. The summed E-state index contributed by atoms with van der Waals surface area (Å²) in [6, 6.07) is 10.5. The molecule has 0 radical (unpaired) electrons. The number of rotatable bonds is 5. The lowest BCUT2D eigenvalue weighted by atomic mass is 10.0. The molecule has 1 aromatic rings. The summed E-state index contributed by atoms with van der Waals surface area (Å²) >= 11 is 0. The van der Waals surface area contributed by atoms with E-state index in [1.54, 1.807) is 6.92 Å². The van der Waals surface area contributed by atoms with Gasteiger partial charge in [-0.25, -0.2) is 9.78 Å². The first-order chi connectivity index (χ1) is 8.49. The van der Waals surface area contributed by atoms with Crippen molar-refractivity contribution in [3.63, 3.8) is 0 Å². The van der Waals surface area contributed by atoms with Crippen LogP contribution in [0.1, 0.15) is 45.6 Å². The Balaban J connectivity index is 0.000000321. The van der Waals surface area contributed by atoms with Gasteiger partial charge in [0.25, 0.3) is 0 Å². The lowest BCUT2D eigenvalue weighted by molar-refractivity contribution is -0.361. The van der Waals surface area contributed by atoms with Crippen molar-refractivity contribution in [2.75, 3.05) is 6.61 Å². The first kappa shape index (κ1) is 17.1. The van der Waals surface area contributed by atoms with Crippen LogP contribution in [0.25, 0.3) is 0 Å². The summed E-state index contributed by atoms with van der Waals surface area (Å²) in [4.78, 5) is 7.85. The van der Waals surface area contributed by atoms with Crippen LogP contribution < -0.4 is 0 Å². The van der Waals surface area contributed by atoms with Gasteiger partial charge < -0.3 is 0 Å². The molecule has 2 N–H and O–H groups in total. The SMILES string of the molecule is CC(C)c1ccccc1.CCC(C)(COO)OO. The van der Waals surface area contributed by atoms with Gasteiger partial charge in [0, 0.05) is 0 Å². The minimum absolute atomic E-state index is 0.0278. The summed E-state index contributed by atoms with van der Waals surface area (Å²) in [5, 5.41) is 16.2. The van der Waals surface area contributed by atoms with Gasteiger partial charge in [-0.3, -0.25) is 10.5 Å². The van der Waals surface area contributed by atoms with E-state index in [4.69, 9.17) is 10.5 Å². The minimum atomic E-state index is -0.783. The predicted octanol–water partition coefficient (Wildman–Crippen LogP) is 3.94. The van der Waals surface area contributed by atoms with Gasteiger partial charge in [-0.1, -0.05) is 51.1 Å². The van der Waals surface area contributed by atoms with Gasteiger partial charge in [0.2, 0.25) is 0 Å². The molecule has 0 aliphatic heterocycles. The maximum atomic E-state index is 8.23. The van der Waals surface area contributed by atoms with Crippen LogP contribution in [0.4, 0.5) is 0 Å². The van der Waals surface area contributed by atoms with Crippen molar-refractivity contribution in [3.8, 4) is 0 Å². The van der Waals surface area contributed by atoms with Crippen LogP contribution in [0.15, 0.2) is 30.3 Å². The standard InChI is InChI=1S/C9H12.C5H12O4/c1-8(2)9-6-4-3-5-7-9;1-3-5(2,9-7)4-8-6/h3-8H,1-2H3;6-7H,3-4H2,1-2H3. The Morgan fingerprint density at radius 1 is 1.17 bits per heavy atom. The quantitative estimate of drug-likeness (QED) is 0.618. The first-order valence-corrected chi connectivity index (χ1v) is 6.13. The second kappa shape index (κ2) is 9.05. The molecule has 4 heteroatoms. The van der Waals surface area contributed by atoms with Crippen LogP contribution in [-0.2, 0) is 9.78 Å². The zero-order valence-electron chi connectivity index (χ0n) is 11.6. The highest BCUT2D eigenvalue weighted by atomic mass is 17.1. The van der Waals surface area contributed by atoms with Crippen molar-refractivity contribution in [1.29, 1.82) is 0 Å². The highest BCUT2D eigenvalue weighted by Crippen LogP contribution is 2.13. The molecule has 0 bridgehead atoms. The van der Waals surface area contributed by atoms with E-state index in [1.807, 2.05) is 13.0 Å². The van der Waals surface area contributed by atoms with Gasteiger partial charge in [-0.05, 0) is 24.8 Å². The summed E-state index contributed by atoms with van der Waals surface area (Å²) in [5.74, 6) is 0.659. The lowest BCUT2D eigenvalue weighted by Gasteiger charge is -2.21. The molecule has 4 nitrogen and oxygen atoms in total. The molecule has 0 saturated heterocycles. The summed E-state index contributed by atoms with van der Waals surface area (Å²) in [6.45, 7) is 7.82. The molecular weight excluding hydrogens is 232 g/mol. The molecule has 0 fully saturated rings. The van der Waals surface area contributed by atoms with Gasteiger partial charge in [-0.15, -0.1) is 0 Å². The highest BCUT2D eigenvalue weighted by molar-refractivity contribution is 5.17. The maximum Gasteiger partial charge on any atom is 0.127 e. The normalized spacial score (nSPS) is 13.7. The van der Waals surface area contributed by atoms with E-state index in [0.29, 0.717) is 12.3 Å². The average Bonchev–Trinajstić information content (AvgIpc) is 2.40. The molecule has 1 rings (SSSR count). The smallest absolute Gasteiger partial charge is 0.127 e. The molecule has 104 valence electrons. The van der Waals surface area contributed by atoms with Crippen LogP contribution in [0, 0.1) is 0 Å². The average molecular weight is 256 g/mol. The highest BCUT2D eigenvalue weighted by Gasteiger charge is 2.23. The van der Waals surface area contributed by atoms with E-state index in [0.717, 1.165) is 0 Å². The molecule has 0 heterocycles. The fraction of sp³-hybridized carbons (Fsp3) is 0.571. The van der Waals surface area contributed by atoms with Gasteiger partial charge in [0.1, 0.15) is 12.2 Å². The fourth-order valence-corrected chi connectivity index (χ4v) is 1.17. The Hall–Kier alpha value is -0.940. The number of hydrogen-bond donors (Lipinski definition) is 2. The van der Waals surface area contributed by atoms with E-state index in [1.165, 1.54) is 5.56 Å². The van der Waals surface area contributed by atoms with Gasteiger partial charge >= 0.3 is 0 Å². The van der Waals surface area contributed by atoms with E-state index in [-0.39, 0.29) is 6.61 Å². The summed E-state index contributed by atoms with van der Waals surface area (Å²) in [7, 11) is 0. The Bertz CT molecular complexity index is 294. The second-order valence-electron chi connectivity index (χ2n) is 4.73. The third-order valence-corrected chi connectivity index (χ3v) is 2.80. The van der Waals surface area contributed by atoms with E-state index in [2.05, 4.69) is 47.9 Å². The Labute approximate surface area is 109 Å².